The number of rotatable bonds is 10. The molecule has 0 saturated heterocycles. The van der Waals surface area contributed by atoms with Crippen LogP contribution in [0.5, 0.6) is 5.75 Å². The van der Waals surface area contributed by atoms with E-state index in [1.54, 1.807) is 32.9 Å². The van der Waals surface area contributed by atoms with Gasteiger partial charge in [0.25, 0.3) is 0 Å². The molecule has 28 heavy (non-hydrogen) atoms. The van der Waals surface area contributed by atoms with Crippen LogP contribution in [-0.2, 0) is 14.8 Å². The first-order valence-electron chi connectivity index (χ1n) is 9.17. The molecular weight excluding hydrogens is 396 g/mol. The number of sulfonamides is 1. The van der Waals surface area contributed by atoms with Gasteiger partial charge < -0.3 is 10.1 Å². The number of thioether (sulfide) groups is 1. The molecule has 0 bridgehead atoms. The van der Waals surface area contributed by atoms with Crippen LogP contribution < -0.4 is 10.1 Å². The van der Waals surface area contributed by atoms with Gasteiger partial charge in [0.15, 0.2) is 0 Å². The predicted octanol–water partition coefficient (Wildman–Crippen LogP) is 3.85. The zero-order valence-electron chi connectivity index (χ0n) is 16.3. The third kappa shape index (κ3) is 5.73. The van der Waals surface area contributed by atoms with E-state index < -0.39 is 10.0 Å². The van der Waals surface area contributed by atoms with Crippen molar-refractivity contribution < 1.29 is 17.9 Å². The number of amides is 1. The molecule has 0 aliphatic heterocycles. The van der Waals surface area contributed by atoms with Gasteiger partial charge in [0.1, 0.15) is 10.6 Å². The Morgan fingerprint density at radius 3 is 2.36 bits per heavy atom. The molecular formula is C20H26N2O4S2. The van der Waals surface area contributed by atoms with E-state index in [4.69, 9.17) is 4.74 Å². The lowest BCUT2D eigenvalue weighted by molar-refractivity contribution is -0.113. The predicted molar refractivity (Wildman–Crippen MR) is 114 cm³/mol. The zero-order valence-corrected chi connectivity index (χ0v) is 18.0. The molecule has 2 aromatic carbocycles. The minimum Gasteiger partial charge on any atom is -0.492 e. The van der Waals surface area contributed by atoms with E-state index in [9.17, 15) is 13.2 Å². The molecule has 0 aliphatic carbocycles. The second-order valence-corrected chi connectivity index (χ2v) is 8.79. The Labute approximate surface area is 171 Å². The first kappa shape index (κ1) is 22.3. The van der Waals surface area contributed by atoms with Crippen LogP contribution in [0.1, 0.15) is 20.8 Å². The van der Waals surface area contributed by atoms with Gasteiger partial charge in [0.2, 0.25) is 15.9 Å². The number of hydrogen-bond donors (Lipinski definition) is 1. The fourth-order valence-electron chi connectivity index (χ4n) is 2.63. The van der Waals surface area contributed by atoms with E-state index in [1.165, 1.54) is 22.1 Å². The number of benzene rings is 2. The molecule has 0 atom stereocenters. The lowest BCUT2D eigenvalue weighted by Gasteiger charge is -2.21. The highest BCUT2D eigenvalue weighted by Gasteiger charge is 2.26. The molecule has 0 aliphatic rings. The molecule has 8 heteroatoms. The number of carbonyl (C=O) groups is 1. The minimum atomic E-state index is -3.72. The summed E-state index contributed by atoms with van der Waals surface area (Å²) < 4.78 is 32.8. The summed E-state index contributed by atoms with van der Waals surface area (Å²) >= 11 is 1.42. The van der Waals surface area contributed by atoms with Gasteiger partial charge >= 0.3 is 0 Å². The number of nitrogens with one attached hydrogen (secondary N) is 1. The molecule has 0 aromatic heterocycles. The van der Waals surface area contributed by atoms with E-state index in [0.717, 1.165) is 4.90 Å². The van der Waals surface area contributed by atoms with Crippen molar-refractivity contribution in [3.8, 4) is 5.75 Å². The maximum Gasteiger partial charge on any atom is 0.246 e. The van der Waals surface area contributed by atoms with Gasteiger partial charge in [-0.2, -0.15) is 4.31 Å². The monoisotopic (exact) mass is 422 g/mol. The van der Waals surface area contributed by atoms with Crippen molar-refractivity contribution in [3.05, 3.63) is 48.5 Å². The summed E-state index contributed by atoms with van der Waals surface area (Å²) in [5.74, 6) is 0.310. The topological polar surface area (TPSA) is 75.7 Å². The van der Waals surface area contributed by atoms with E-state index in [-0.39, 0.29) is 22.3 Å². The largest absolute Gasteiger partial charge is 0.492 e. The highest BCUT2D eigenvalue weighted by Crippen LogP contribution is 2.30. The van der Waals surface area contributed by atoms with Crippen molar-refractivity contribution in [2.24, 2.45) is 0 Å². The van der Waals surface area contributed by atoms with Crippen LogP contribution in [0.25, 0.3) is 0 Å². The molecule has 0 fully saturated rings. The lowest BCUT2D eigenvalue weighted by Crippen LogP contribution is -2.31. The van der Waals surface area contributed by atoms with Crippen LogP contribution in [0.2, 0.25) is 0 Å². The van der Waals surface area contributed by atoms with E-state index >= 15 is 0 Å². The van der Waals surface area contributed by atoms with E-state index in [1.807, 2.05) is 30.3 Å². The fraction of sp³-hybridized carbons (Fsp3) is 0.350. The summed E-state index contributed by atoms with van der Waals surface area (Å²) in [5.41, 5.74) is 0.424. The van der Waals surface area contributed by atoms with Crippen molar-refractivity contribution in [1.29, 1.82) is 0 Å². The molecule has 1 N–H and O–H groups in total. The van der Waals surface area contributed by atoms with Crippen molar-refractivity contribution in [3.63, 3.8) is 0 Å². The smallest absolute Gasteiger partial charge is 0.246 e. The fourth-order valence-corrected chi connectivity index (χ4v) is 4.96. The van der Waals surface area contributed by atoms with Crippen LogP contribution >= 0.6 is 11.8 Å². The number of ether oxygens (including phenoxy) is 1. The molecule has 6 nitrogen and oxygen atoms in total. The summed E-state index contributed by atoms with van der Waals surface area (Å²) in [6.07, 6.45) is 0. The minimum absolute atomic E-state index is 0.0616. The number of carbonyl (C=O) groups excluding carboxylic acids is 1. The summed E-state index contributed by atoms with van der Waals surface area (Å²) in [6, 6.07) is 14.3. The Hall–Kier alpha value is -2.03. The molecule has 0 radical (unpaired) electrons. The van der Waals surface area contributed by atoms with Crippen LogP contribution in [0.3, 0.4) is 0 Å². The van der Waals surface area contributed by atoms with Crippen molar-refractivity contribution >= 4 is 33.4 Å². The van der Waals surface area contributed by atoms with Gasteiger partial charge in [-0.15, -0.1) is 11.8 Å². The molecule has 1 amide bonds. The lowest BCUT2D eigenvalue weighted by atomic mass is 10.3. The van der Waals surface area contributed by atoms with Crippen LogP contribution in [0.4, 0.5) is 5.69 Å². The SMILES string of the molecule is CCOc1ccc(NC(=O)CSc2ccccc2)cc1S(=O)(=O)N(CC)CC. The molecule has 0 spiro atoms. The Morgan fingerprint density at radius 2 is 1.75 bits per heavy atom. The Morgan fingerprint density at radius 1 is 1.07 bits per heavy atom. The first-order chi connectivity index (χ1) is 13.4. The van der Waals surface area contributed by atoms with Gasteiger partial charge in [0.05, 0.1) is 12.4 Å². The number of hydrogen-bond acceptors (Lipinski definition) is 5. The average Bonchev–Trinajstić information content (AvgIpc) is 2.69. The third-order valence-corrected chi connectivity index (χ3v) is 7.05. The van der Waals surface area contributed by atoms with Gasteiger partial charge in [-0.05, 0) is 37.3 Å². The Bertz CT molecular complexity index is 882. The van der Waals surface area contributed by atoms with Crippen molar-refractivity contribution in [2.45, 2.75) is 30.6 Å². The second-order valence-electron chi connectivity index (χ2n) is 5.83. The Balaban J connectivity index is 2.20. The summed E-state index contributed by atoms with van der Waals surface area (Å²) in [5, 5.41) is 2.77. The van der Waals surface area contributed by atoms with Gasteiger partial charge in [-0.3, -0.25) is 4.79 Å². The van der Waals surface area contributed by atoms with Crippen LogP contribution in [0.15, 0.2) is 58.3 Å². The highest BCUT2D eigenvalue weighted by atomic mass is 32.2. The summed E-state index contributed by atoms with van der Waals surface area (Å²) in [4.78, 5) is 13.3. The summed E-state index contributed by atoms with van der Waals surface area (Å²) in [7, 11) is -3.72. The second kappa shape index (κ2) is 10.5. The molecule has 2 aromatic rings. The van der Waals surface area contributed by atoms with Crippen LogP contribution in [0, 0.1) is 0 Å². The van der Waals surface area contributed by atoms with Gasteiger partial charge in [0, 0.05) is 23.7 Å². The maximum absolute atomic E-state index is 13.0. The highest BCUT2D eigenvalue weighted by molar-refractivity contribution is 8.00. The van der Waals surface area contributed by atoms with Crippen LogP contribution in [-0.4, -0.2) is 44.1 Å². The standard InChI is InChI=1S/C20H26N2O4S2/c1-4-22(5-2)28(24,25)19-14-16(12-13-18(19)26-6-3)21-20(23)15-27-17-10-8-7-9-11-17/h7-14H,4-6,15H2,1-3H3,(H,21,23). The molecule has 2 rings (SSSR count). The zero-order chi connectivity index (χ0) is 20.6. The Kier molecular flexibility index (Phi) is 8.35. The number of nitrogens with zero attached hydrogens (tertiary/aromatic N) is 1. The van der Waals surface area contributed by atoms with Crippen molar-refractivity contribution in [2.75, 3.05) is 30.8 Å². The molecule has 0 unspecified atom stereocenters. The maximum atomic E-state index is 13.0. The van der Waals surface area contributed by atoms with E-state index in [2.05, 4.69) is 5.32 Å². The normalized spacial score (nSPS) is 11.4. The third-order valence-electron chi connectivity index (χ3n) is 3.96. The quantitative estimate of drug-likeness (QED) is 0.589. The van der Waals surface area contributed by atoms with Gasteiger partial charge in [-0.25, -0.2) is 8.42 Å². The first-order valence-corrected chi connectivity index (χ1v) is 11.6. The van der Waals surface area contributed by atoms with Gasteiger partial charge in [-0.1, -0.05) is 32.0 Å². The average molecular weight is 423 g/mol. The molecule has 152 valence electrons. The molecule has 0 saturated carbocycles. The molecule has 0 heterocycles. The number of anilines is 1. The summed E-state index contributed by atoms with van der Waals surface area (Å²) in [6.45, 7) is 6.43. The van der Waals surface area contributed by atoms with E-state index in [0.29, 0.717) is 25.4 Å². The van der Waals surface area contributed by atoms with Crippen molar-refractivity contribution in [1.82, 2.24) is 4.31 Å².